The number of hydrogen-bond acceptors (Lipinski definition) is 8. The molecule has 1 aliphatic rings. The van der Waals surface area contributed by atoms with E-state index in [1.807, 2.05) is 25.3 Å². The van der Waals surface area contributed by atoms with E-state index in [-0.39, 0.29) is 22.8 Å². The van der Waals surface area contributed by atoms with Crippen molar-refractivity contribution in [1.82, 2.24) is 0 Å². The van der Waals surface area contributed by atoms with Crippen LogP contribution in [0.3, 0.4) is 0 Å². The molecule has 1 heterocycles. The molecule has 0 aromatic heterocycles. The minimum absolute atomic E-state index is 0.0591. The Morgan fingerprint density at radius 2 is 1.57 bits per heavy atom. The average molecular weight is 609 g/mol. The molecule has 5 rings (SSSR count). The second-order valence-corrected chi connectivity index (χ2v) is 11.8. The predicted molar refractivity (Wildman–Crippen MR) is 173 cm³/mol. The standard InChI is InChI=1S/C35H32N2O6S/c1-20-11-13-21(14-12-20)31(38)32(39)29-24(17-18-26-30(29)37(4)34(41)35(2,3)36-26)23-16-15-22(19-27(23)42-5)43-33(40)25-9-7-8-10-28(25)44-6/h7-19,36H,1-6H3. The van der Waals surface area contributed by atoms with Crippen LogP contribution in [0.4, 0.5) is 11.4 Å². The second kappa shape index (κ2) is 12.0. The first-order valence-corrected chi connectivity index (χ1v) is 15.1. The van der Waals surface area contributed by atoms with Gasteiger partial charge in [-0.05, 0) is 62.9 Å². The van der Waals surface area contributed by atoms with Crippen LogP contribution in [0.25, 0.3) is 11.1 Å². The van der Waals surface area contributed by atoms with Gasteiger partial charge in [-0.3, -0.25) is 14.4 Å². The van der Waals surface area contributed by atoms with Gasteiger partial charge in [0, 0.05) is 29.1 Å². The number of carbonyl (C=O) groups is 4. The lowest BCUT2D eigenvalue weighted by atomic mass is 9.87. The maximum Gasteiger partial charge on any atom is 0.344 e. The van der Waals surface area contributed by atoms with Crippen LogP contribution in [0.15, 0.2) is 83.8 Å². The smallest absolute Gasteiger partial charge is 0.344 e. The number of fused-ring (bicyclic) bond motifs is 1. The van der Waals surface area contributed by atoms with E-state index in [1.165, 1.54) is 23.8 Å². The third-order valence-corrected chi connectivity index (χ3v) is 8.34. The van der Waals surface area contributed by atoms with E-state index in [1.54, 1.807) is 87.6 Å². The minimum atomic E-state index is -0.928. The number of Topliss-reactive ketones (excluding diaryl/α,β-unsaturated/α-hetero) is 2. The van der Waals surface area contributed by atoms with Crippen molar-refractivity contribution in [3.63, 3.8) is 0 Å². The Kier molecular flexibility index (Phi) is 8.34. The fourth-order valence-electron chi connectivity index (χ4n) is 5.29. The molecule has 0 saturated carbocycles. The average Bonchev–Trinajstić information content (AvgIpc) is 3.02. The summed E-state index contributed by atoms with van der Waals surface area (Å²) >= 11 is 1.44. The van der Waals surface area contributed by atoms with E-state index in [9.17, 15) is 19.2 Å². The number of likely N-dealkylation sites (N-methyl/N-ethyl adjacent to an activating group) is 1. The van der Waals surface area contributed by atoms with Crippen LogP contribution >= 0.6 is 11.8 Å². The zero-order valence-corrected chi connectivity index (χ0v) is 26.1. The molecule has 0 atom stereocenters. The SMILES string of the molecule is COc1cc(OC(=O)c2ccccc2SC)ccc1-c1ccc2c(c1C(=O)C(=O)c1ccc(C)cc1)N(C)C(=O)C(C)(C)N2. The number of nitrogens with zero attached hydrogens (tertiary/aromatic N) is 1. The molecule has 0 spiro atoms. The number of ketones is 2. The highest BCUT2D eigenvalue weighted by molar-refractivity contribution is 7.98. The zero-order valence-electron chi connectivity index (χ0n) is 25.3. The summed E-state index contributed by atoms with van der Waals surface area (Å²) in [7, 11) is 3.05. The lowest BCUT2D eigenvalue weighted by molar-refractivity contribution is -0.121. The highest BCUT2D eigenvalue weighted by atomic mass is 32.2. The molecule has 0 radical (unpaired) electrons. The molecule has 8 nitrogen and oxygen atoms in total. The maximum absolute atomic E-state index is 14.1. The lowest BCUT2D eigenvalue weighted by Gasteiger charge is -2.39. The van der Waals surface area contributed by atoms with Gasteiger partial charge in [0.25, 0.3) is 5.91 Å². The van der Waals surface area contributed by atoms with Gasteiger partial charge in [0.15, 0.2) is 0 Å². The van der Waals surface area contributed by atoms with E-state index >= 15 is 0 Å². The van der Waals surface area contributed by atoms with Crippen LogP contribution in [0.5, 0.6) is 11.5 Å². The number of ether oxygens (including phenoxy) is 2. The molecule has 0 unspecified atom stereocenters. The molecule has 44 heavy (non-hydrogen) atoms. The van der Waals surface area contributed by atoms with Gasteiger partial charge in [0.05, 0.1) is 29.6 Å². The molecule has 1 amide bonds. The number of carbonyl (C=O) groups excluding carboxylic acids is 4. The highest BCUT2D eigenvalue weighted by Crippen LogP contribution is 2.45. The topological polar surface area (TPSA) is 102 Å². The van der Waals surface area contributed by atoms with Crippen LogP contribution in [-0.2, 0) is 4.79 Å². The minimum Gasteiger partial charge on any atom is -0.496 e. The number of hydrogen-bond donors (Lipinski definition) is 1. The quantitative estimate of drug-likeness (QED) is 0.0763. The van der Waals surface area contributed by atoms with Gasteiger partial charge in [-0.2, -0.15) is 0 Å². The van der Waals surface area contributed by atoms with E-state index in [0.717, 1.165) is 10.5 Å². The summed E-state index contributed by atoms with van der Waals surface area (Å²) in [6.45, 7) is 5.40. The summed E-state index contributed by atoms with van der Waals surface area (Å²) in [5.74, 6) is -1.71. The number of rotatable bonds is 8. The summed E-state index contributed by atoms with van der Waals surface area (Å²) in [4.78, 5) is 56.2. The highest BCUT2D eigenvalue weighted by Gasteiger charge is 2.40. The molecule has 0 saturated heterocycles. The van der Waals surface area contributed by atoms with Crippen molar-refractivity contribution in [1.29, 1.82) is 0 Å². The summed E-state index contributed by atoms with van der Waals surface area (Å²) in [6.07, 6.45) is 1.88. The van der Waals surface area contributed by atoms with Crippen molar-refractivity contribution >= 4 is 46.6 Å². The zero-order chi connectivity index (χ0) is 31.8. The number of thioether (sulfide) groups is 1. The summed E-state index contributed by atoms with van der Waals surface area (Å²) in [6, 6.07) is 22.2. The van der Waals surface area contributed by atoms with Gasteiger partial charge in [-0.25, -0.2) is 4.79 Å². The monoisotopic (exact) mass is 608 g/mol. The number of amides is 1. The number of nitrogens with one attached hydrogen (secondary N) is 1. The first kappa shape index (κ1) is 30.6. The normalized spacial score (nSPS) is 13.5. The molecule has 0 fully saturated rings. The van der Waals surface area contributed by atoms with Crippen molar-refractivity contribution in [2.45, 2.75) is 31.2 Å². The molecule has 1 aliphatic heterocycles. The van der Waals surface area contributed by atoms with E-state index < -0.39 is 23.1 Å². The first-order chi connectivity index (χ1) is 21.0. The molecular formula is C35H32N2O6S. The fraction of sp³-hybridized carbons (Fsp3) is 0.200. The van der Waals surface area contributed by atoms with Crippen molar-refractivity contribution < 1.29 is 28.7 Å². The van der Waals surface area contributed by atoms with E-state index in [4.69, 9.17) is 9.47 Å². The van der Waals surface area contributed by atoms with Crippen molar-refractivity contribution in [2.75, 3.05) is 30.6 Å². The van der Waals surface area contributed by atoms with Gasteiger partial charge in [0.2, 0.25) is 11.6 Å². The van der Waals surface area contributed by atoms with Crippen LogP contribution in [0, 0.1) is 6.92 Å². The van der Waals surface area contributed by atoms with Crippen molar-refractivity contribution in [3.05, 3.63) is 101 Å². The van der Waals surface area contributed by atoms with Crippen LogP contribution in [-0.4, -0.2) is 49.4 Å². The predicted octanol–water partition coefficient (Wildman–Crippen LogP) is 6.84. The Balaban J connectivity index is 1.63. The van der Waals surface area contributed by atoms with E-state index in [0.29, 0.717) is 33.8 Å². The Bertz CT molecular complexity index is 1810. The largest absolute Gasteiger partial charge is 0.496 e. The molecule has 4 aromatic rings. The molecule has 4 aromatic carbocycles. The molecule has 9 heteroatoms. The Hall–Kier alpha value is -4.89. The van der Waals surface area contributed by atoms with Crippen LogP contribution in [0.2, 0.25) is 0 Å². The number of benzene rings is 4. The van der Waals surface area contributed by atoms with Gasteiger partial charge in [-0.15, -0.1) is 11.8 Å². The summed E-state index contributed by atoms with van der Waals surface area (Å²) in [5, 5.41) is 3.22. The summed E-state index contributed by atoms with van der Waals surface area (Å²) < 4.78 is 11.4. The molecule has 0 bridgehead atoms. The number of aryl methyl sites for hydroxylation is 1. The molecular weight excluding hydrogens is 576 g/mol. The second-order valence-electron chi connectivity index (χ2n) is 11.0. The van der Waals surface area contributed by atoms with Gasteiger partial charge < -0.3 is 19.7 Å². The van der Waals surface area contributed by atoms with Gasteiger partial charge in [0.1, 0.15) is 17.0 Å². The first-order valence-electron chi connectivity index (χ1n) is 13.9. The number of anilines is 2. The molecule has 1 N–H and O–H groups in total. The van der Waals surface area contributed by atoms with Crippen molar-refractivity contribution in [2.24, 2.45) is 0 Å². The van der Waals surface area contributed by atoms with Crippen LogP contribution < -0.4 is 19.7 Å². The van der Waals surface area contributed by atoms with E-state index in [2.05, 4.69) is 5.32 Å². The molecule has 0 aliphatic carbocycles. The number of esters is 1. The summed E-state index contributed by atoms with van der Waals surface area (Å²) in [5.41, 5.74) is 2.45. The fourth-order valence-corrected chi connectivity index (χ4v) is 5.87. The lowest BCUT2D eigenvalue weighted by Crippen LogP contribution is -2.53. The maximum atomic E-state index is 14.1. The van der Waals surface area contributed by atoms with Crippen molar-refractivity contribution in [3.8, 4) is 22.6 Å². The Morgan fingerprint density at radius 3 is 2.25 bits per heavy atom. The number of methoxy groups -OCH3 is 1. The van der Waals surface area contributed by atoms with Gasteiger partial charge in [-0.1, -0.05) is 48.0 Å². The van der Waals surface area contributed by atoms with Gasteiger partial charge >= 0.3 is 5.97 Å². The molecule has 224 valence electrons. The Morgan fingerprint density at radius 1 is 0.886 bits per heavy atom. The third-order valence-electron chi connectivity index (χ3n) is 7.55. The Labute approximate surface area is 260 Å². The third kappa shape index (κ3) is 5.58. The van der Waals surface area contributed by atoms with Crippen LogP contribution in [0.1, 0.15) is 50.5 Å².